The van der Waals surface area contributed by atoms with Gasteiger partial charge in [0.1, 0.15) is 6.61 Å². The number of piperidine rings is 1. The molecule has 1 saturated heterocycles. The van der Waals surface area contributed by atoms with Crippen LogP contribution in [-0.4, -0.2) is 62.9 Å². The first kappa shape index (κ1) is 18.1. The topological polar surface area (TPSA) is 91.3 Å². The lowest BCUT2D eigenvalue weighted by Crippen LogP contribution is -2.33. The fourth-order valence-electron chi connectivity index (χ4n) is 3.81. The zero-order valence-electron chi connectivity index (χ0n) is 16.4. The Bertz CT molecular complexity index is 963. The Morgan fingerprint density at radius 1 is 1.14 bits per heavy atom. The van der Waals surface area contributed by atoms with Gasteiger partial charge in [-0.2, -0.15) is 4.98 Å². The molecule has 3 aromatic rings. The number of rotatable bonds is 5. The van der Waals surface area contributed by atoms with Crippen LogP contribution in [0.2, 0.25) is 0 Å². The molecule has 0 saturated carbocycles. The van der Waals surface area contributed by atoms with Crippen LogP contribution in [0.1, 0.15) is 18.7 Å². The van der Waals surface area contributed by atoms with Gasteiger partial charge >= 0.3 is 0 Å². The molecule has 0 amide bonds. The Morgan fingerprint density at radius 2 is 1.97 bits per heavy atom. The van der Waals surface area contributed by atoms with Crippen LogP contribution in [0.4, 0.5) is 0 Å². The first-order valence-electron chi connectivity index (χ1n) is 10.0. The van der Waals surface area contributed by atoms with Crippen LogP contribution in [-0.2, 0) is 13.0 Å². The van der Waals surface area contributed by atoms with Crippen LogP contribution in [0.15, 0.2) is 35.0 Å². The summed E-state index contributed by atoms with van der Waals surface area (Å²) in [6.07, 6.45) is 4.85. The number of fused-ring (bicyclic) bond motifs is 1. The summed E-state index contributed by atoms with van der Waals surface area (Å²) in [5.74, 6) is 3.28. The lowest BCUT2D eigenvalue weighted by molar-refractivity contribution is 0.0755. The van der Waals surface area contributed by atoms with Crippen molar-refractivity contribution in [1.29, 1.82) is 0 Å². The van der Waals surface area contributed by atoms with Gasteiger partial charge in [0, 0.05) is 6.42 Å². The van der Waals surface area contributed by atoms with E-state index in [2.05, 4.69) is 32.4 Å². The van der Waals surface area contributed by atoms with Crippen molar-refractivity contribution < 1.29 is 14.0 Å². The van der Waals surface area contributed by atoms with E-state index in [1.165, 1.54) is 12.8 Å². The summed E-state index contributed by atoms with van der Waals surface area (Å²) >= 11 is 0. The third kappa shape index (κ3) is 4.09. The largest absolute Gasteiger partial charge is 0.486 e. The minimum atomic E-state index is -0.137. The van der Waals surface area contributed by atoms with Gasteiger partial charge in [-0.05, 0) is 51.0 Å². The third-order valence-electron chi connectivity index (χ3n) is 5.49. The van der Waals surface area contributed by atoms with E-state index in [1.807, 2.05) is 24.3 Å². The summed E-state index contributed by atoms with van der Waals surface area (Å²) in [6, 6.07) is 7.66. The number of ether oxygens (including phenoxy) is 2. The third-order valence-corrected chi connectivity index (χ3v) is 5.49. The van der Waals surface area contributed by atoms with E-state index in [1.54, 1.807) is 10.9 Å². The molecular formula is C20H24N6O3. The number of likely N-dealkylation sites (tertiary alicyclic amines) is 1. The standard InChI is InChI=1S/C20H24N6O3/c1-25-8-6-14(7-9-25)10-19-21-20(29-23-19)16-12-26(24-22-16)11-15-13-27-17-4-2-3-5-18(17)28-15/h2-5,12,14-15H,6-11,13H2,1H3. The number of para-hydroxylation sites is 2. The zero-order chi connectivity index (χ0) is 19.6. The van der Waals surface area contributed by atoms with Gasteiger partial charge in [0.25, 0.3) is 5.89 Å². The van der Waals surface area contributed by atoms with Crippen LogP contribution >= 0.6 is 0 Å². The normalized spacial score (nSPS) is 20.1. The molecule has 1 aromatic carbocycles. The molecule has 4 heterocycles. The summed E-state index contributed by atoms with van der Waals surface area (Å²) in [6.45, 7) is 3.24. The molecule has 2 aliphatic heterocycles. The smallest absolute Gasteiger partial charge is 0.280 e. The van der Waals surface area contributed by atoms with Gasteiger partial charge in [0.05, 0.1) is 12.7 Å². The van der Waals surface area contributed by atoms with Crippen molar-refractivity contribution in [3.8, 4) is 23.1 Å². The van der Waals surface area contributed by atoms with Gasteiger partial charge in [-0.15, -0.1) is 5.10 Å². The average molecular weight is 396 g/mol. The lowest BCUT2D eigenvalue weighted by Gasteiger charge is -2.27. The zero-order valence-corrected chi connectivity index (χ0v) is 16.4. The van der Waals surface area contributed by atoms with E-state index in [0.717, 1.165) is 36.8 Å². The molecule has 5 rings (SSSR count). The Morgan fingerprint density at radius 3 is 2.83 bits per heavy atom. The summed E-state index contributed by atoms with van der Waals surface area (Å²) < 4.78 is 18.9. The van der Waals surface area contributed by atoms with Crippen molar-refractivity contribution in [1.82, 2.24) is 30.0 Å². The predicted molar refractivity (Wildman–Crippen MR) is 104 cm³/mol. The molecule has 1 unspecified atom stereocenters. The van der Waals surface area contributed by atoms with Crippen molar-refractivity contribution in [2.75, 3.05) is 26.7 Å². The van der Waals surface area contributed by atoms with Crippen LogP contribution in [0.25, 0.3) is 11.6 Å². The van der Waals surface area contributed by atoms with E-state index < -0.39 is 0 Å². The van der Waals surface area contributed by atoms with Crippen molar-refractivity contribution >= 4 is 0 Å². The lowest BCUT2D eigenvalue weighted by atomic mass is 9.94. The highest BCUT2D eigenvalue weighted by Gasteiger charge is 2.23. The SMILES string of the molecule is CN1CCC(Cc2noc(-c3cn(CC4COc5ccccc5O4)nn3)n2)CC1. The maximum absolute atomic E-state index is 5.98. The Labute approximate surface area is 168 Å². The molecule has 0 radical (unpaired) electrons. The molecule has 2 aromatic heterocycles. The number of hydrogen-bond acceptors (Lipinski definition) is 8. The molecule has 0 N–H and O–H groups in total. The fraction of sp³-hybridized carbons (Fsp3) is 0.500. The number of nitrogens with zero attached hydrogens (tertiary/aromatic N) is 6. The molecular weight excluding hydrogens is 372 g/mol. The van der Waals surface area contributed by atoms with Crippen molar-refractivity contribution in [2.24, 2.45) is 5.92 Å². The van der Waals surface area contributed by atoms with E-state index in [0.29, 0.717) is 30.7 Å². The maximum atomic E-state index is 5.98. The fourth-order valence-corrected chi connectivity index (χ4v) is 3.81. The summed E-state index contributed by atoms with van der Waals surface area (Å²) in [5, 5.41) is 12.5. The molecule has 152 valence electrons. The summed E-state index contributed by atoms with van der Waals surface area (Å²) in [7, 11) is 2.16. The van der Waals surface area contributed by atoms with E-state index in [-0.39, 0.29) is 6.10 Å². The summed E-state index contributed by atoms with van der Waals surface area (Å²) in [4.78, 5) is 6.88. The van der Waals surface area contributed by atoms with Crippen molar-refractivity contribution in [3.63, 3.8) is 0 Å². The summed E-state index contributed by atoms with van der Waals surface area (Å²) in [5.41, 5.74) is 0.573. The van der Waals surface area contributed by atoms with Crippen molar-refractivity contribution in [3.05, 3.63) is 36.3 Å². The first-order valence-corrected chi connectivity index (χ1v) is 10.0. The van der Waals surface area contributed by atoms with Crippen LogP contribution in [0.3, 0.4) is 0 Å². The average Bonchev–Trinajstić information content (AvgIpc) is 3.39. The van der Waals surface area contributed by atoms with E-state index >= 15 is 0 Å². The highest BCUT2D eigenvalue weighted by molar-refractivity contribution is 5.43. The van der Waals surface area contributed by atoms with Gasteiger partial charge in [-0.25, -0.2) is 4.68 Å². The van der Waals surface area contributed by atoms with Gasteiger partial charge < -0.3 is 18.9 Å². The minimum Gasteiger partial charge on any atom is -0.486 e. The van der Waals surface area contributed by atoms with E-state index in [4.69, 9.17) is 14.0 Å². The first-order chi connectivity index (χ1) is 14.2. The predicted octanol–water partition coefficient (Wildman–Crippen LogP) is 2.05. The van der Waals surface area contributed by atoms with E-state index in [9.17, 15) is 0 Å². The second-order valence-electron chi connectivity index (χ2n) is 7.79. The molecule has 29 heavy (non-hydrogen) atoms. The Balaban J connectivity index is 1.20. The molecule has 9 heteroatoms. The van der Waals surface area contributed by atoms with Gasteiger partial charge in [0.15, 0.2) is 29.1 Å². The van der Waals surface area contributed by atoms with Crippen LogP contribution in [0.5, 0.6) is 11.5 Å². The van der Waals surface area contributed by atoms with Crippen LogP contribution < -0.4 is 9.47 Å². The van der Waals surface area contributed by atoms with Gasteiger partial charge in [-0.3, -0.25) is 0 Å². The molecule has 0 bridgehead atoms. The van der Waals surface area contributed by atoms with Crippen LogP contribution in [0, 0.1) is 5.92 Å². The molecule has 0 aliphatic carbocycles. The highest BCUT2D eigenvalue weighted by atomic mass is 16.6. The molecule has 1 atom stereocenters. The molecule has 9 nitrogen and oxygen atoms in total. The highest BCUT2D eigenvalue weighted by Crippen LogP contribution is 2.31. The quantitative estimate of drug-likeness (QED) is 0.647. The maximum Gasteiger partial charge on any atom is 0.280 e. The number of hydrogen-bond donors (Lipinski definition) is 0. The van der Waals surface area contributed by atoms with Crippen molar-refractivity contribution in [2.45, 2.75) is 31.9 Å². The molecule has 2 aliphatic rings. The van der Waals surface area contributed by atoms with Gasteiger partial charge in [0.2, 0.25) is 0 Å². The second-order valence-corrected chi connectivity index (χ2v) is 7.79. The van der Waals surface area contributed by atoms with Gasteiger partial charge in [-0.1, -0.05) is 22.5 Å². The monoisotopic (exact) mass is 396 g/mol. The Hall–Kier alpha value is -2.94. The molecule has 0 spiro atoms. The Kier molecular flexibility index (Phi) is 4.89. The number of aromatic nitrogens is 5. The number of benzene rings is 1. The second kappa shape index (κ2) is 7.82. The minimum absolute atomic E-state index is 0.137. The molecule has 1 fully saturated rings.